The number of aromatic nitrogens is 1. The molecule has 0 spiro atoms. The summed E-state index contributed by atoms with van der Waals surface area (Å²) in [5.74, 6) is -0.675. The van der Waals surface area contributed by atoms with Gasteiger partial charge in [-0.3, -0.25) is 9.93 Å². The van der Waals surface area contributed by atoms with Gasteiger partial charge in [-0.15, -0.1) is 0 Å². The maximum atomic E-state index is 14.2. The van der Waals surface area contributed by atoms with Crippen LogP contribution < -0.4 is 10.5 Å². The van der Waals surface area contributed by atoms with E-state index < -0.39 is 11.9 Å². The van der Waals surface area contributed by atoms with Crippen LogP contribution in [0.1, 0.15) is 29.0 Å². The van der Waals surface area contributed by atoms with Crippen molar-refractivity contribution in [3.8, 4) is 0 Å². The molecule has 3 N–H and O–H groups in total. The summed E-state index contributed by atoms with van der Waals surface area (Å²) >= 11 is 7.00. The highest BCUT2D eigenvalue weighted by Crippen LogP contribution is 2.24. The number of rotatable bonds is 4. The van der Waals surface area contributed by atoms with E-state index in [2.05, 4.69) is 5.32 Å². The van der Waals surface area contributed by atoms with Crippen molar-refractivity contribution in [2.75, 3.05) is 0 Å². The Kier molecular flexibility index (Phi) is 5.03. The van der Waals surface area contributed by atoms with Crippen molar-refractivity contribution in [3.63, 3.8) is 0 Å². The largest absolute Gasteiger partial charge is 0.344 e. The molecule has 0 bridgehead atoms. The highest BCUT2D eigenvalue weighted by Gasteiger charge is 2.18. The standard InChI is InChI=1S/C18H17ClFN3OS/c1-10(14-6-5-13(25-21)9-15(14)20)22-18(24)17-7-11-3-4-12(19)8-16(11)23(17)2/h3-10H,21H2,1-2H3,(H,22,24). The number of nitrogens with two attached hydrogens (primary N) is 1. The molecule has 1 atom stereocenters. The third kappa shape index (κ3) is 3.51. The fourth-order valence-electron chi connectivity index (χ4n) is 2.80. The zero-order valence-corrected chi connectivity index (χ0v) is 15.3. The van der Waals surface area contributed by atoms with Crippen LogP contribution in [-0.2, 0) is 7.05 Å². The number of aryl methyl sites for hydroxylation is 1. The summed E-state index contributed by atoms with van der Waals surface area (Å²) in [6.07, 6.45) is 0. The molecule has 2 aromatic carbocycles. The van der Waals surface area contributed by atoms with Gasteiger partial charge in [0.1, 0.15) is 11.5 Å². The molecule has 0 aliphatic heterocycles. The molecule has 1 unspecified atom stereocenters. The Bertz CT molecular complexity index is 957. The van der Waals surface area contributed by atoms with Crippen molar-refractivity contribution in [1.29, 1.82) is 0 Å². The van der Waals surface area contributed by atoms with Crippen LogP contribution in [0.25, 0.3) is 10.9 Å². The Morgan fingerprint density at radius 2 is 2.04 bits per heavy atom. The lowest BCUT2D eigenvalue weighted by molar-refractivity contribution is 0.0931. The van der Waals surface area contributed by atoms with E-state index in [0.29, 0.717) is 21.2 Å². The van der Waals surface area contributed by atoms with E-state index in [1.54, 1.807) is 48.9 Å². The van der Waals surface area contributed by atoms with Gasteiger partial charge in [-0.05, 0) is 49.2 Å². The molecule has 0 saturated carbocycles. The number of nitrogens with one attached hydrogen (secondary N) is 1. The number of carbonyl (C=O) groups excluding carboxylic acids is 1. The second-order valence-corrected chi connectivity index (χ2v) is 6.93. The monoisotopic (exact) mass is 377 g/mol. The summed E-state index contributed by atoms with van der Waals surface area (Å²) in [5.41, 5.74) is 1.76. The molecule has 130 valence electrons. The molecule has 1 amide bonds. The first kappa shape index (κ1) is 17.8. The van der Waals surface area contributed by atoms with Gasteiger partial charge in [0.2, 0.25) is 0 Å². The molecule has 25 heavy (non-hydrogen) atoms. The SMILES string of the molecule is CC(NC(=O)c1cc2ccc(Cl)cc2n1C)c1ccc(SN)cc1F. The Balaban J connectivity index is 1.86. The van der Waals surface area contributed by atoms with Crippen LogP contribution in [-0.4, -0.2) is 10.5 Å². The van der Waals surface area contributed by atoms with Crippen LogP contribution in [0.5, 0.6) is 0 Å². The molecular weight excluding hydrogens is 361 g/mol. The van der Waals surface area contributed by atoms with E-state index in [-0.39, 0.29) is 5.91 Å². The Morgan fingerprint density at radius 3 is 2.72 bits per heavy atom. The normalized spacial score (nSPS) is 12.4. The predicted octanol–water partition coefficient (Wildman–Crippen LogP) is 4.43. The second-order valence-electron chi connectivity index (χ2n) is 5.79. The van der Waals surface area contributed by atoms with Gasteiger partial charge in [0.15, 0.2) is 0 Å². The van der Waals surface area contributed by atoms with Crippen molar-refractivity contribution in [1.82, 2.24) is 9.88 Å². The van der Waals surface area contributed by atoms with Crippen LogP contribution in [0.4, 0.5) is 4.39 Å². The molecule has 7 heteroatoms. The van der Waals surface area contributed by atoms with Gasteiger partial charge in [-0.2, -0.15) is 0 Å². The van der Waals surface area contributed by atoms with E-state index in [0.717, 1.165) is 22.9 Å². The maximum Gasteiger partial charge on any atom is 0.268 e. The first-order chi connectivity index (χ1) is 11.9. The minimum absolute atomic E-state index is 0.279. The molecule has 0 aliphatic carbocycles. The molecule has 0 fully saturated rings. The van der Waals surface area contributed by atoms with Crippen LogP contribution >= 0.6 is 23.5 Å². The van der Waals surface area contributed by atoms with Crippen molar-refractivity contribution in [2.45, 2.75) is 17.9 Å². The predicted molar refractivity (Wildman–Crippen MR) is 100 cm³/mol. The molecule has 0 saturated heterocycles. The van der Waals surface area contributed by atoms with E-state index >= 15 is 0 Å². The minimum atomic E-state index is -0.481. The lowest BCUT2D eigenvalue weighted by Gasteiger charge is -2.16. The van der Waals surface area contributed by atoms with Crippen LogP contribution in [0.2, 0.25) is 5.02 Å². The third-order valence-electron chi connectivity index (χ3n) is 4.16. The van der Waals surface area contributed by atoms with Crippen LogP contribution in [0.3, 0.4) is 0 Å². The maximum absolute atomic E-state index is 14.2. The average Bonchev–Trinajstić information content (AvgIpc) is 2.91. The highest BCUT2D eigenvalue weighted by molar-refractivity contribution is 7.97. The van der Waals surface area contributed by atoms with Gasteiger partial charge in [0, 0.05) is 33.4 Å². The second kappa shape index (κ2) is 7.07. The van der Waals surface area contributed by atoms with E-state index in [9.17, 15) is 9.18 Å². The first-order valence-corrected chi connectivity index (χ1v) is 8.88. The summed E-state index contributed by atoms with van der Waals surface area (Å²) in [7, 11) is 1.80. The first-order valence-electron chi connectivity index (χ1n) is 7.62. The fourth-order valence-corrected chi connectivity index (χ4v) is 3.29. The Labute approximate surface area is 154 Å². The van der Waals surface area contributed by atoms with E-state index in [1.807, 2.05) is 6.07 Å². The molecule has 0 aliphatic rings. The number of hydrogen-bond acceptors (Lipinski definition) is 3. The number of hydrogen-bond donors (Lipinski definition) is 2. The topological polar surface area (TPSA) is 60.0 Å². The van der Waals surface area contributed by atoms with Crippen molar-refractivity contribution in [2.24, 2.45) is 12.2 Å². The molecular formula is C18H17ClFN3OS. The number of amides is 1. The van der Waals surface area contributed by atoms with Crippen molar-refractivity contribution in [3.05, 3.63) is 64.6 Å². The van der Waals surface area contributed by atoms with Crippen molar-refractivity contribution >= 4 is 40.4 Å². The summed E-state index contributed by atoms with van der Waals surface area (Å²) < 4.78 is 16.0. The smallest absolute Gasteiger partial charge is 0.268 e. The molecule has 1 aromatic heterocycles. The Morgan fingerprint density at radius 1 is 1.28 bits per heavy atom. The van der Waals surface area contributed by atoms with Gasteiger partial charge in [0.05, 0.1) is 6.04 Å². The number of benzene rings is 2. The van der Waals surface area contributed by atoms with Crippen LogP contribution in [0.15, 0.2) is 47.4 Å². The number of nitrogens with zero attached hydrogens (tertiary/aromatic N) is 1. The molecule has 1 heterocycles. The van der Waals surface area contributed by atoms with Crippen molar-refractivity contribution < 1.29 is 9.18 Å². The molecule has 0 radical (unpaired) electrons. The van der Waals surface area contributed by atoms with Gasteiger partial charge in [-0.1, -0.05) is 23.7 Å². The number of halogens is 2. The van der Waals surface area contributed by atoms with E-state index in [1.165, 1.54) is 6.07 Å². The number of fused-ring (bicyclic) bond motifs is 1. The zero-order valence-electron chi connectivity index (χ0n) is 13.7. The lowest BCUT2D eigenvalue weighted by atomic mass is 10.1. The summed E-state index contributed by atoms with van der Waals surface area (Å²) in [5, 5.41) is 9.79. The number of carbonyl (C=O) groups is 1. The van der Waals surface area contributed by atoms with Crippen LogP contribution in [0, 0.1) is 5.82 Å². The quantitative estimate of drug-likeness (QED) is 0.661. The van der Waals surface area contributed by atoms with E-state index in [4.69, 9.17) is 16.7 Å². The summed E-state index contributed by atoms with van der Waals surface area (Å²) in [6, 6.07) is 11.5. The Hall–Kier alpha value is -2.02. The summed E-state index contributed by atoms with van der Waals surface area (Å²) in [6.45, 7) is 1.74. The lowest BCUT2D eigenvalue weighted by Crippen LogP contribution is -2.28. The molecule has 3 aromatic rings. The average molecular weight is 378 g/mol. The van der Waals surface area contributed by atoms with Gasteiger partial charge in [-0.25, -0.2) is 4.39 Å². The van der Waals surface area contributed by atoms with Gasteiger partial charge < -0.3 is 9.88 Å². The zero-order chi connectivity index (χ0) is 18.1. The molecule has 4 nitrogen and oxygen atoms in total. The van der Waals surface area contributed by atoms with Gasteiger partial charge in [0.25, 0.3) is 5.91 Å². The van der Waals surface area contributed by atoms with Gasteiger partial charge >= 0.3 is 0 Å². The summed E-state index contributed by atoms with van der Waals surface area (Å²) in [4.78, 5) is 13.3. The fraction of sp³-hybridized carbons (Fsp3) is 0.167. The highest BCUT2D eigenvalue weighted by atomic mass is 35.5. The minimum Gasteiger partial charge on any atom is -0.344 e. The molecule has 3 rings (SSSR count). The third-order valence-corrected chi connectivity index (χ3v) is 4.92.